The highest BCUT2D eigenvalue weighted by molar-refractivity contribution is 7.20. The van der Waals surface area contributed by atoms with Crippen molar-refractivity contribution >= 4 is 33.5 Å². The smallest absolute Gasteiger partial charge is 0.317 e. The van der Waals surface area contributed by atoms with Crippen LogP contribution in [0.5, 0.6) is 0 Å². The number of piperazine rings is 1. The lowest BCUT2D eigenvalue weighted by Crippen LogP contribution is -2.49. The SMILES string of the molecule is O=C(O)CN1CCN(C(=O)c2cc3occc3s2)CC1. The molecule has 1 saturated heterocycles. The monoisotopic (exact) mass is 294 g/mol. The minimum atomic E-state index is -0.830. The van der Waals surface area contributed by atoms with Gasteiger partial charge in [-0.05, 0) is 6.07 Å². The van der Waals surface area contributed by atoms with Gasteiger partial charge in [-0.2, -0.15) is 0 Å². The first-order valence-corrected chi connectivity index (χ1v) is 7.15. The average Bonchev–Trinajstić information content (AvgIpc) is 2.98. The van der Waals surface area contributed by atoms with E-state index >= 15 is 0 Å². The maximum absolute atomic E-state index is 12.4. The van der Waals surface area contributed by atoms with Gasteiger partial charge < -0.3 is 14.4 Å². The van der Waals surface area contributed by atoms with Gasteiger partial charge in [-0.15, -0.1) is 11.3 Å². The molecule has 106 valence electrons. The molecule has 1 N–H and O–H groups in total. The number of hydrogen-bond acceptors (Lipinski definition) is 5. The molecule has 1 fully saturated rings. The lowest BCUT2D eigenvalue weighted by molar-refractivity contribution is -0.138. The molecule has 6 nitrogen and oxygen atoms in total. The standard InChI is InChI=1S/C13H14N2O4S/c16-12(17)8-14-2-4-15(5-3-14)13(18)11-7-9-10(20-11)1-6-19-9/h1,6-7H,2-5,8H2,(H,16,17). The summed E-state index contributed by atoms with van der Waals surface area (Å²) in [6, 6.07) is 3.62. The molecule has 0 saturated carbocycles. The third-order valence-electron chi connectivity index (χ3n) is 3.37. The number of carbonyl (C=O) groups excluding carboxylic acids is 1. The molecule has 3 rings (SSSR count). The summed E-state index contributed by atoms with van der Waals surface area (Å²) in [6.07, 6.45) is 1.61. The topological polar surface area (TPSA) is 74.0 Å². The predicted octanol–water partition coefficient (Wildman–Crippen LogP) is 1.34. The molecule has 0 radical (unpaired) electrons. The van der Waals surface area contributed by atoms with Crippen LogP contribution in [0.15, 0.2) is 22.8 Å². The second kappa shape index (κ2) is 5.26. The summed E-state index contributed by atoms with van der Waals surface area (Å²) in [7, 11) is 0. The van der Waals surface area contributed by atoms with Crippen molar-refractivity contribution in [2.45, 2.75) is 0 Å². The van der Waals surface area contributed by atoms with Crippen LogP contribution in [0.4, 0.5) is 0 Å². The van der Waals surface area contributed by atoms with Crippen LogP contribution in [-0.2, 0) is 4.79 Å². The zero-order chi connectivity index (χ0) is 14.1. The van der Waals surface area contributed by atoms with E-state index in [1.54, 1.807) is 17.2 Å². The molecular formula is C13H14N2O4S. The third-order valence-corrected chi connectivity index (χ3v) is 4.44. The third kappa shape index (κ3) is 2.54. The zero-order valence-corrected chi connectivity index (χ0v) is 11.6. The van der Waals surface area contributed by atoms with E-state index in [2.05, 4.69) is 0 Å². The van der Waals surface area contributed by atoms with E-state index in [9.17, 15) is 9.59 Å². The van der Waals surface area contributed by atoms with Crippen molar-refractivity contribution in [1.82, 2.24) is 9.80 Å². The Morgan fingerprint density at radius 3 is 2.70 bits per heavy atom. The van der Waals surface area contributed by atoms with Crippen LogP contribution in [-0.4, -0.2) is 59.5 Å². The summed E-state index contributed by atoms with van der Waals surface area (Å²) >= 11 is 1.42. The van der Waals surface area contributed by atoms with Gasteiger partial charge in [0.15, 0.2) is 0 Å². The van der Waals surface area contributed by atoms with Gasteiger partial charge in [0.05, 0.1) is 22.4 Å². The number of furan rings is 1. The van der Waals surface area contributed by atoms with Crippen molar-refractivity contribution in [3.63, 3.8) is 0 Å². The number of carboxylic acid groups (broad SMARTS) is 1. The number of carbonyl (C=O) groups is 2. The highest BCUT2D eigenvalue weighted by atomic mass is 32.1. The Morgan fingerprint density at radius 1 is 1.30 bits per heavy atom. The largest absolute Gasteiger partial charge is 0.480 e. The fourth-order valence-electron chi connectivity index (χ4n) is 2.33. The van der Waals surface area contributed by atoms with E-state index in [1.807, 2.05) is 11.0 Å². The lowest BCUT2D eigenvalue weighted by Gasteiger charge is -2.33. The number of thiophene rings is 1. The van der Waals surface area contributed by atoms with Crippen LogP contribution in [0.25, 0.3) is 10.3 Å². The van der Waals surface area contributed by atoms with E-state index in [0.29, 0.717) is 31.1 Å². The number of fused-ring (bicyclic) bond motifs is 1. The van der Waals surface area contributed by atoms with Crippen LogP contribution in [0.3, 0.4) is 0 Å². The predicted molar refractivity (Wildman–Crippen MR) is 74.1 cm³/mol. The van der Waals surface area contributed by atoms with Gasteiger partial charge in [0.25, 0.3) is 5.91 Å². The maximum atomic E-state index is 12.4. The van der Waals surface area contributed by atoms with Crippen molar-refractivity contribution in [3.8, 4) is 0 Å². The molecule has 3 heterocycles. The van der Waals surface area contributed by atoms with Crippen molar-refractivity contribution in [2.75, 3.05) is 32.7 Å². The van der Waals surface area contributed by atoms with Crippen molar-refractivity contribution in [3.05, 3.63) is 23.3 Å². The number of nitrogens with zero attached hydrogens (tertiary/aromatic N) is 2. The number of carboxylic acids is 1. The van der Waals surface area contributed by atoms with Gasteiger partial charge in [-0.25, -0.2) is 0 Å². The molecule has 0 bridgehead atoms. The van der Waals surface area contributed by atoms with E-state index < -0.39 is 5.97 Å². The van der Waals surface area contributed by atoms with Crippen LogP contribution in [0, 0.1) is 0 Å². The molecule has 0 spiro atoms. The Labute approximate surface area is 119 Å². The Hall–Kier alpha value is -1.86. The quantitative estimate of drug-likeness (QED) is 0.924. The summed E-state index contributed by atoms with van der Waals surface area (Å²) in [5.41, 5.74) is 0.739. The van der Waals surface area contributed by atoms with Crippen molar-refractivity contribution < 1.29 is 19.1 Å². The normalized spacial score (nSPS) is 16.7. The fourth-order valence-corrected chi connectivity index (χ4v) is 3.28. The van der Waals surface area contributed by atoms with Crippen molar-refractivity contribution in [1.29, 1.82) is 0 Å². The van der Waals surface area contributed by atoms with Crippen LogP contribution in [0.1, 0.15) is 9.67 Å². The molecule has 1 amide bonds. The summed E-state index contributed by atoms with van der Waals surface area (Å²) in [5.74, 6) is -0.834. The van der Waals surface area contributed by atoms with Gasteiger partial charge in [-0.1, -0.05) is 0 Å². The highest BCUT2D eigenvalue weighted by Gasteiger charge is 2.24. The molecule has 2 aromatic rings. The number of hydrogen-bond donors (Lipinski definition) is 1. The molecule has 20 heavy (non-hydrogen) atoms. The highest BCUT2D eigenvalue weighted by Crippen LogP contribution is 2.27. The number of aliphatic carboxylic acids is 1. The first kappa shape index (κ1) is 13.1. The summed E-state index contributed by atoms with van der Waals surface area (Å²) in [4.78, 5) is 27.3. The minimum Gasteiger partial charge on any atom is -0.480 e. The van der Waals surface area contributed by atoms with Crippen LogP contribution < -0.4 is 0 Å². The molecule has 2 aromatic heterocycles. The summed E-state index contributed by atoms with van der Waals surface area (Å²) < 4.78 is 6.23. The van der Waals surface area contributed by atoms with E-state index in [1.165, 1.54) is 11.3 Å². The second-order valence-corrected chi connectivity index (χ2v) is 5.81. The van der Waals surface area contributed by atoms with Gasteiger partial charge in [0.2, 0.25) is 0 Å². The average molecular weight is 294 g/mol. The number of amides is 1. The lowest BCUT2D eigenvalue weighted by atomic mass is 10.3. The number of rotatable bonds is 3. The summed E-state index contributed by atoms with van der Waals surface area (Å²) in [6.45, 7) is 2.35. The van der Waals surface area contributed by atoms with Crippen molar-refractivity contribution in [2.24, 2.45) is 0 Å². The van der Waals surface area contributed by atoms with Crippen LogP contribution in [0.2, 0.25) is 0 Å². The van der Waals surface area contributed by atoms with Gasteiger partial charge in [0, 0.05) is 32.2 Å². The molecular weight excluding hydrogens is 280 g/mol. The van der Waals surface area contributed by atoms with Crippen LogP contribution >= 0.6 is 11.3 Å². The maximum Gasteiger partial charge on any atom is 0.317 e. The second-order valence-electron chi connectivity index (χ2n) is 4.72. The molecule has 0 aromatic carbocycles. The molecule has 1 aliphatic heterocycles. The molecule has 0 unspecified atom stereocenters. The molecule has 0 aliphatic carbocycles. The Morgan fingerprint density at radius 2 is 2.05 bits per heavy atom. The minimum absolute atomic E-state index is 0.00336. The molecule has 0 atom stereocenters. The first-order valence-electron chi connectivity index (χ1n) is 6.34. The van der Waals surface area contributed by atoms with E-state index in [0.717, 1.165) is 10.3 Å². The van der Waals surface area contributed by atoms with Gasteiger partial charge in [0.1, 0.15) is 5.58 Å². The Balaban J connectivity index is 1.64. The fraction of sp³-hybridized carbons (Fsp3) is 0.385. The summed E-state index contributed by atoms with van der Waals surface area (Å²) in [5, 5.41) is 8.74. The zero-order valence-electron chi connectivity index (χ0n) is 10.7. The Bertz CT molecular complexity index is 611. The van der Waals surface area contributed by atoms with E-state index in [-0.39, 0.29) is 12.5 Å². The van der Waals surface area contributed by atoms with Gasteiger partial charge >= 0.3 is 5.97 Å². The molecule has 7 heteroatoms. The Kier molecular flexibility index (Phi) is 3.45. The van der Waals surface area contributed by atoms with Gasteiger partial charge in [-0.3, -0.25) is 14.5 Å². The molecule has 1 aliphatic rings. The first-order chi connectivity index (χ1) is 9.63. The van der Waals surface area contributed by atoms with E-state index in [4.69, 9.17) is 9.52 Å².